The zero-order valence-electron chi connectivity index (χ0n) is 11.6. The average molecular weight is 293 g/mol. The molecule has 1 aromatic rings. The molecule has 0 N–H and O–H groups in total. The van der Waals surface area contributed by atoms with Crippen molar-refractivity contribution in [2.75, 3.05) is 19.6 Å². The standard InChI is InChI=1S/C16H20N2O.ClH/c19-16(13-5-6-13)18-10-15(11-18)17-8-7-12-3-1-2-4-14(12)9-17;/h1-4,13,15H,5-11H2;1H. The minimum Gasteiger partial charge on any atom is -0.339 e. The normalized spacial score (nSPS) is 22.7. The quantitative estimate of drug-likeness (QED) is 0.833. The Morgan fingerprint density at radius 1 is 1.10 bits per heavy atom. The molecule has 0 atom stereocenters. The largest absolute Gasteiger partial charge is 0.339 e. The van der Waals surface area contributed by atoms with E-state index >= 15 is 0 Å². The number of rotatable bonds is 2. The molecule has 3 nitrogen and oxygen atoms in total. The van der Waals surface area contributed by atoms with Crippen molar-refractivity contribution in [3.63, 3.8) is 0 Å². The van der Waals surface area contributed by atoms with E-state index in [0.717, 1.165) is 45.4 Å². The maximum Gasteiger partial charge on any atom is 0.225 e. The van der Waals surface area contributed by atoms with E-state index in [1.54, 1.807) is 0 Å². The molecule has 0 radical (unpaired) electrons. The van der Waals surface area contributed by atoms with Crippen molar-refractivity contribution in [3.8, 4) is 0 Å². The number of hydrogen-bond acceptors (Lipinski definition) is 2. The van der Waals surface area contributed by atoms with Gasteiger partial charge in [-0.15, -0.1) is 12.4 Å². The van der Waals surface area contributed by atoms with Gasteiger partial charge in [0.25, 0.3) is 0 Å². The van der Waals surface area contributed by atoms with Gasteiger partial charge in [-0.25, -0.2) is 0 Å². The van der Waals surface area contributed by atoms with Crippen LogP contribution >= 0.6 is 12.4 Å². The van der Waals surface area contributed by atoms with E-state index in [1.165, 1.54) is 11.1 Å². The van der Waals surface area contributed by atoms with E-state index in [-0.39, 0.29) is 12.4 Å². The van der Waals surface area contributed by atoms with E-state index in [2.05, 4.69) is 34.1 Å². The average Bonchev–Trinajstić information content (AvgIpc) is 3.21. The van der Waals surface area contributed by atoms with Crippen LogP contribution in [0.3, 0.4) is 0 Å². The van der Waals surface area contributed by atoms with Crippen LogP contribution in [0, 0.1) is 5.92 Å². The molecule has 2 aliphatic heterocycles. The number of hydrogen-bond donors (Lipinski definition) is 0. The third kappa shape index (κ3) is 2.45. The van der Waals surface area contributed by atoms with Crippen LogP contribution in [0.2, 0.25) is 0 Å². The molecule has 1 saturated carbocycles. The number of likely N-dealkylation sites (tertiary alicyclic amines) is 1. The lowest BCUT2D eigenvalue weighted by molar-refractivity contribution is -0.140. The summed E-state index contributed by atoms with van der Waals surface area (Å²) in [6, 6.07) is 9.35. The Hall–Kier alpha value is -1.06. The zero-order chi connectivity index (χ0) is 12.8. The molecule has 0 unspecified atom stereocenters. The predicted octanol–water partition coefficient (Wildman–Crippen LogP) is 2.09. The molecule has 1 saturated heterocycles. The SMILES string of the molecule is Cl.O=C(C1CC1)N1CC(N2CCc3ccccc3C2)C1. The Balaban J connectivity index is 0.00000121. The Bertz CT molecular complexity index is 509. The smallest absolute Gasteiger partial charge is 0.225 e. The van der Waals surface area contributed by atoms with Crippen molar-refractivity contribution in [2.45, 2.75) is 31.8 Å². The van der Waals surface area contributed by atoms with Crippen LogP contribution in [-0.4, -0.2) is 41.4 Å². The Kier molecular flexibility index (Phi) is 3.74. The number of nitrogens with zero attached hydrogens (tertiary/aromatic N) is 2. The van der Waals surface area contributed by atoms with Crippen molar-refractivity contribution in [1.82, 2.24) is 9.80 Å². The molecule has 0 spiro atoms. The molecule has 2 fully saturated rings. The molecule has 0 aromatic heterocycles. The van der Waals surface area contributed by atoms with Crippen LogP contribution < -0.4 is 0 Å². The molecule has 4 rings (SSSR count). The lowest BCUT2D eigenvalue weighted by Gasteiger charge is -2.47. The molecule has 20 heavy (non-hydrogen) atoms. The van der Waals surface area contributed by atoms with Crippen LogP contribution in [0.1, 0.15) is 24.0 Å². The highest BCUT2D eigenvalue weighted by Crippen LogP contribution is 2.33. The molecule has 1 aromatic carbocycles. The van der Waals surface area contributed by atoms with E-state index in [0.29, 0.717) is 17.9 Å². The third-order valence-corrected chi connectivity index (χ3v) is 4.78. The van der Waals surface area contributed by atoms with Crippen molar-refractivity contribution >= 4 is 18.3 Å². The lowest BCUT2D eigenvalue weighted by Crippen LogP contribution is -2.61. The Labute approximate surface area is 126 Å². The summed E-state index contributed by atoms with van der Waals surface area (Å²) in [5, 5.41) is 0. The third-order valence-electron chi connectivity index (χ3n) is 4.78. The molecule has 1 amide bonds. The van der Waals surface area contributed by atoms with E-state index in [4.69, 9.17) is 0 Å². The number of carbonyl (C=O) groups excluding carboxylic acids is 1. The monoisotopic (exact) mass is 292 g/mol. The fourth-order valence-electron chi connectivity index (χ4n) is 3.28. The van der Waals surface area contributed by atoms with Crippen LogP contribution in [0.15, 0.2) is 24.3 Å². The van der Waals surface area contributed by atoms with Gasteiger partial charge in [0.05, 0.1) is 0 Å². The number of fused-ring (bicyclic) bond motifs is 1. The van der Waals surface area contributed by atoms with Gasteiger partial charge in [-0.1, -0.05) is 24.3 Å². The molecule has 1 aliphatic carbocycles. The first kappa shape index (κ1) is 13.9. The molecule has 0 bridgehead atoms. The van der Waals surface area contributed by atoms with Crippen molar-refractivity contribution in [2.24, 2.45) is 5.92 Å². The Morgan fingerprint density at radius 2 is 1.80 bits per heavy atom. The van der Waals surface area contributed by atoms with Gasteiger partial charge >= 0.3 is 0 Å². The van der Waals surface area contributed by atoms with E-state index in [1.807, 2.05) is 0 Å². The second kappa shape index (κ2) is 5.38. The summed E-state index contributed by atoms with van der Waals surface area (Å²) < 4.78 is 0. The molecule has 4 heteroatoms. The summed E-state index contributed by atoms with van der Waals surface area (Å²) in [4.78, 5) is 16.5. The highest BCUT2D eigenvalue weighted by molar-refractivity contribution is 5.85. The zero-order valence-corrected chi connectivity index (χ0v) is 12.4. The highest BCUT2D eigenvalue weighted by atomic mass is 35.5. The van der Waals surface area contributed by atoms with Crippen LogP contribution in [0.5, 0.6) is 0 Å². The second-order valence-corrected chi connectivity index (χ2v) is 6.16. The topological polar surface area (TPSA) is 23.6 Å². The van der Waals surface area contributed by atoms with Gasteiger partial charge in [0, 0.05) is 38.1 Å². The highest BCUT2D eigenvalue weighted by Gasteiger charge is 2.41. The fourth-order valence-corrected chi connectivity index (χ4v) is 3.28. The number of amides is 1. The van der Waals surface area contributed by atoms with Crippen LogP contribution in [0.25, 0.3) is 0 Å². The van der Waals surface area contributed by atoms with Gasteiger partial charge in [0.2, 0.25) is 5.91 Å². The first-order chi connectivity index (χ1) is 9.31. The van der Waals surface area contributed by atoms with Gasteiger partial charge in [-0.3, -0.25) is 9.69 Å². The maximum atomic E-state index is 11.9. The van der Waals surface area contributed by atoms with Gasteiger partial charge in [-0.2, -0.15) is 0 Å². The van der Waals surface area contributed by atoms with Crippen molar-refractivity contribution < 1.29 is 4.79 Å². The molecular weight excluding hydrogens is 272 g/mol. The minimum absolute atomic E-state index is 0. The van der Waals surface area contributed by atoms with Crippen molar-refractivity contribution in [3.05, 3.63) is 35.4 Å². The number of carbonyl (C=O) groups is 1. The van der Waals surface area contributed by atoms with Gasteiger partial charge in [0.15, 0.2) is 0 Å². The Morgan fingerprint density at radius 3 is 2.50 bits per heavy atom. The predicted molar refractivity (Wildman–Crippen MR) is 80.9 cm³/mol. The molecule has 108 valence electrons. The molecular formula is C16H21ClN2O. The van der Waals surface area contributed by atoms with Crippen LogP contribution in [0.4, 0.5) is 0 Å². The van der Waals surface area contributed by atoms with Gasteiger partial charge < -0.3 is 4.90 Å². The summed E-state index contributed by atoms with van der Waals surface area (Å²) in [5.74, 6) is 0.789. The lowest BCUT2D eigenvalue weighted by atomic mass is 9.96. The number of halogens is 1. The molecule has 3 aliphatic rings. The van der Waals surface area contributed by atoms with Gasteiger partial charge in [0.1, 0.15) is 0 Å². The second-order valence-electron chi connectivity index (χ2n) is 6.16. The minimum atomic E-state index is 0. The van der Waals surface area contributed by atoms with Crippen LogP contribution in [-0.2, 0) is 17.8 Å². The summed E-state index contributed by atoms with van der Waals surface area (Å²) in [6.07, 6.45) is 3.40. The summed E-state index contributed by atoms with van der Waals surface area (Å²) in [6.45, 7) is 4.12. The van der Waals surface area contributed by atoms with E-state index < -0.39 is 0 Å². The summed E-state index contributed by atoms with van der Waals surface area (Å²) >= 11 is 0. The van der Waals surface area contributed by atoms with Gasteiger partial charge in [-0.05, 0) is 30.4 Å². The first-order valence-corrected chi connectivity index (χ1v) is 7.41. The fraction of sp³-hybridized carbons (Fsp3) is 0.562. The number of benzene rings is 1. The summed E-state index contributed by atoms with van der Waals surface area (Å²) in [5.41, 5.74) is 2.98. The van der Waals surface area contributed by atoms with E-state index in [9.17, 15) is 4.79 Å². The maximum absolute atomic E-state index is 11.9. The molecule has 2 heterocycles. The summed E-state index contributed by atoms with van der Waals surface area (Å²) in [7, 11) is 0. The first-order valence-electron chi connectivity index (χ1n) is 7.41. The van der Waals surface area contributed by atoms with Crippen molar-refractivity contribution in [1.29, 1.82) is 0 Å².